The molecule has 3 nitrogen and oxygen atoms in total. The quantitative estimate of drug-likeness (QED) is 0.617. The van der Waals surface area contributed by atoms with Crippen molar-refractivity contribution >= 4 is 0 Å². The highest BCUT2D eigenvalue weighted by Gasteiger charge is 2.25. The number of rotatable bonds is 5. The molecule has 0 aromatic rings. The van der Waals surface area contributed by atoms with Crippen molar-refractivity contribution in [2.75, 3.05) is 13.2 Å². The van der Waals surface area contributed by atoms with Crippen LogP contribution in [0.15, 0.2) is 0 Å². The molecule has 84 valence electrons. The standard InChI is InChI=1S/C11H24N2O/c1-2-10(8-14)13-11-6-4-3-5-9(11)7-12/h9-11,13-14H,2-8,12H2,1H3/t9?,10-,11?/m1/s1. The van der Waals surface area contributed by atoms with Crippen LogP contribution in [0.5, 0.6) is 0 Å². The van der Waals surface area contributed by atoms with Crippen molar-refractivity contribution in [2.45, 2.75) is 51.1 Å². The van der Waals surface area contributed by atoms with Crippen LogP contribution in [0.4, 0.5) is 0 Å². The Morgan fingerprint density at radius 1 is 1.43 bits per heavy atom. The molecule has 1 aliphatic rings. The first-order valence-corrected chi connectivity index (χ1v) is 5.88. The lowest BCUT2D eigenvalue weighted by molar-refractivity contribution is 0.189. The Morgan fingerprint density at radius 2 is 2.14 bits per heavy atom. The fourth-order valence-electron chi connectivity index (χ4n) is 2.31. The SMILES string of the molecule is CC[C@H](CO)NC1CCCCC1CN. The van der Waals surface area contributed by atoms with Crippen LogP contribution in [0, 0.1) is 5.92 Å². The summed E-state index contributed by atoms with van der Waals surface area (Å²) in [6.45, 7) is 3.12. The van der Waals surface area contributed by atoms with Gasteiger partial charge >= 0.3 is 0 Å². The largest absolute Gasteiger partial charge is 0.395 e. The number of hydrogen-bond acceptors (Lipinski definition) is 3. The maximum absolute atomic E-state index is 9.12. The molecule has 4 N–H and O–H groups in total. The molecule has 1 aliphatic carbocycles. The van der Waals surface area contributed by atoms with Gasteiger partial charge in [-0.15, -0.1) is 0 Å². The van der Waals surface area contributed by atoms with Crippen molar-refractivity contribution in [1.82, 2.24) is 5.32 Å². The summed E-state index contributed by atoms with van der Waals surface area (Å²) >= 11 is 0. The highest BCUT2D eigenvalue weighted by Crippen LogP contribution is 2.23. The molecule has 3 atom stereocenters. The number of aliphatic hydroxyl groups is 1. The van der Waals surface area contributed by atoms with E-state index in [0.717, 1.165) is 13.0 Å². The molecule has 14 heavy (non-hydrogen) atoms. The second-order valence-corrected chi connectivity index (χ2v) is 4.34. The summed E-state index contributed by atoms with van der Waals surface area (Å²) in [7, 11) is 0. The second kappa shape index (κ2) is 6.38. The molecule has 1 fully saturated rings. The minimum atomic E-state index is 0.240. The van der Waals surface area contributed by atoms with Crippen LogP contribution in [0.2, 0.25) is 0 Å². The van der Waals surface area contributed by atoms with Gasteiger partial charge in [0.2, 0.25) is 0 Å². The molecule has 0 spiro atoms. The van der Waals surface area contributed by atoms with E-state index in [2.05, 4.69) is 12.2 Å². The minimum absolute atomic E-state index is 0.240. The van der Waals surface area contributed by atoms with Gasteiger partial charge < -0.3 is 16.2 Å². The summed E-state index contributed by atoms with van der Waals surface area (Å²) in [5, 5.41) is 12.6. The summed E-state index contributed by atoms with van der Waals surface area (Å²) in [6, 6.07) is 0.790. The first-order chi connectivity index (χ1) is 6.81. The molecule has 0 amide bonds. The van der Waals surface area contributed by atoms with Crippen LogP contribution >= 0.6 is 0 Å². The fraction of sp³-hybridized carbons (Fsp3) is 1.00. The van der Waals surface area contributed by atoms with Crippen LogP contribution in [0.3, 0.4) is 0 Å². The average molecular weight is 200 g/mol. The third-order valence-corrected chi connectivity index (χ3v) is 3.37. The zero-order valence-electron chi connectivity index (χ0n) is 9.21. The molecule has 0 saturated heterocycles. The van der Waals surface area contributed by atoms with E-state index >= 15 is 0 Å². The monoisotopic (exact) mass is 200 g/mol. The second-order valence-electron chi connectivity index (χ2n) is 4.34. The molecule has 0 heterocycles. The number of hydrogen-bond donors (Lipinski definition) is 3. The predicted molar refractivity (Wildman–Crippen MR) is 59.1 cm³/mol. The van der Waals surface area contributed by atoms with Crippen molar-refractivity contribution < 1.29 is 5.11 Å². The Hall–Kier alpha value is -0.120. The van der Waals surface area contributed by atoms with E-state index in [1.165, 1.54) is 25.7 Å². The van der Waals surface area contributed by atoms with Gasteiger partial charge in [0.1, 0.15) is 0 Å². The smallest absolute Gasteiger partial charge is 0.0584 e. The van der Waals surface area contributed by atoms with E-state index in [1.807, 2.05) is 0 Å². The van der Waals surface area contributed by atoms with Crippen molar-refractivity contribution in [3.05, 3.63) is 0 Å². The number of aliphatic hydroxyl groups excluding tert-OH is 1. The van der Waals surface area contributed by atoms with E-state index in [-0.39, 0.29) is 12.6 Å². The summed E-state index contributed by atoms with van der Waals surface area (Å²) in [6.07, 6.45) is 6.07. The van der Waals surface area contributed by atoms with Gasteiger partial charge in [-0.2, -0.15) is 0 Å². The summed E-state index contributed by atoms with van der Waals surface area (Å²) < 4.78 is 0. The Labute approximate surface area is 87.1 Å². The van der Waals surface area contributed by atoms with Gasteiger partial charge in [0, 0.05) is 12.1 Å². The Balaban J connectivity index is 2.39. The molecular formula is C11H24N2O. The Kier molecular flexibility index (Phi) is 5.45. The molecule has 0 radical (unpaired) electrons. The first-order valence-electron chi connectivity index (χ1n) is 5.88. The molecule has 1 saturated carbocycles. The lowest BCUT2D eigenvalue weighted by Gasteiger charge is -2.34. The van der Waals surface area contributed by atoms with Crippen molar-refractivity contribution in [1.29, 1.82) is 0 Å². The van der Waals surface area contributed by atoms with Crippen LogP contribution in [-0.2, 0) is 0 Å². The molecular weight excluding hydrogens is 176 g/mol. The Morgan fingerprint density at radius 3 is 2.71 bits per heavy atom. The van der Waals surface area contributed by atoms with E-state index in [0.29, 0.717) is 12.0 Å². The van der Waals surface area contributed by atoms with Crippen LogP contribution in [0.1, 0.15) is 39.0 Å². The van der Waals surface area contributed by atoms with Crippen molar-refractivity contribution in [3.8, 4) is 0 Å². The molecule has 0 bridgehead atoms. The van der Waals surface area contributed by atoms with Crippen molar-refractivity contribution in [3.63, 3.8) is 0 Å². The maximum atomic E-state index is 9.12. The maximum Gasteiger partial charge on any atom is 0.0584 e. The molecule has 0 aliphatic heterocycles. The van der Waals surface area contributed by atoms with Crippen LogP contribution < -0.4 is 11.1 Å². The zero-order valence-corrected chi connectivity index (χ0v) is 9.21. The average Bonchev–Trinajstić information content (AvgIpc) is 2.26. The molecule has 2 unspecified atom stereocenters. The highest BCUT2D eigenvalue weighted by molar-refractivity contribution is 4.83. The van der Waals surface area contributed by atoms with E-state index < -0.39 is 0 Å². The summed E-state index contributed by atoms with van der Waals surface area (Å²) in [5.74, 6) is 0.615. The molecule has 0 aromatic carbocycles. The van der Waals surface area contributed by atoms with Gasteiger partial charge in [-0.3, -0.25) is 0 Å². The lowest BCUT2D eigenvalue weighted by atomic mass is 9.84. The van der Waals surface area contributed by atoms with Crippen LogP contribution in [0.25, 0.3) is 0 Å². The fourth-order valence-corrected chi connectivity index (χ4v) is 2.31. The van der Waals surface area contributed by atoms with Gasteiger partial charge in [-0.1, -0.05) is 19.8 Å². The van der Waals surface area contributed by atoms with Gasteiger partial charge in [-0.25, -0.2) is 0 Å². The molecule has 0 aromatic heterocycles. The number of nitrogens with two attached hydrogens (primary N) is 1. The first kappa shape index (κ1) is 12.0. The molecule has 3 heteroatoms. The van der Waals surface area contributed by atoms with Gasteiger partial charge in [0.05, 0.1) is 6.61 Å². The lowest BCUT2D eigenvalue weighted by Crippen LogP contribution is -2.47. The van der Waals surface area contributed by atoms with E-state index in [9.17, 15) is 0 Å². The Bertz CT molecular complexity index is 148. The third kappa shape index (κ3) is 3.23. The zero-order chi connectivity index (χ0) is 10.4. The normalized spacial score (nSPS) is 30.2. The topological polar surface area (TPSA) is 58.3 Å². The molecule has 1 rings (SSSR count). The third-order valence-electron chi connectivity index (χ3n) is 3.37. The van der Waals surface area contributed by atoms with Gasteiger partial charge in [-0.05, 0) is 31.7 Å². The van der Waals surface area contributed by atoms with E-state index in [4.69, 9.17) is 10.8 Å². The summed E-state index contributed by atoms with van der Waals surface area (Å²) in [5.41, 5.74) is 5.75. The number of nitrogens with one attached hydrogen (secondary N) is 1. The van der Waals surface area contributed by atoms with Gasteiger partial charge in [0.15, 0.2) is 0 Å². The van der Waals surface area contributed by atoms with E-state index in [1.54, 1.807) is 0 Å². The van der Waals surface area contributed by atoms with Gasteiger partial charge in [0.25, 0.3) is 0 Å². The highest BCUT2D eigenvalue weighted by atomic mass is 16.3. The minimum Gasteiger partial charge on any atom is -0.395 e. The van der Waals surface area contributed by atoms with Crippen molar-refractivity contribution in [2.24, 2.45) is 11.7 Å². The van der Waals surface area contributed by atoms with Crippen LogP contribution in [-0.4, -0.2) is 30.3 Å². The summed E-state index contributed by atoms with van der Waals surface area (Å²) in [4.78, 5) is 0. The predicted octanol–water partition coefficient (Wildman–Crippen LogP) is 0.864.